The zero-order valence-corrected chi connectivity index (χ0v) is 10.3. The van der Waals surface area contributed by atoms with Crippen molar-refractivity contribution in [1.29, 1.82) is 5.26 Å². The van der Waals surface area contributed by atoms with E-state index >= 15 is 0 Å². The van der Waals surface area contributed by atoms with Crippen LogP contribution in [0.4, 0.5) is 8.78 Å². The number of nitriles is 1. The molecule has 1 rings (SSSR count). The normalized spacial score (nSPS) is 19.2. The van der Waals surface area contributed by atoms with Crippen LogP contribution < -0.4 is 10.9 Å². The maximum absolute atomic E-state index is 12.2. The minimum absolute atomic E-state index is 0.259. The highest BCUT2D eigenvalue weighted by Gasteiger charge is 2.22. The number of hydrazine groups is 1. The van der Waals surface area contributed by atoms with E-state index in [4.69, 9.17) is 5.26 Å². The first-order valence-corrected chi connectivity index (χ1v) is 5.39. The van der Waals surface area contributed by atoms with Crippen LogP contribution in [0.3, 0.4) is 0 Å². The van der Waals surface area contributed by atoms with E-state index in [-0.39, 0.29) is 12.7 Å². The summed E-state index contributed by atoms with van der Waals surface area (Å²) in [7, 11) is 3.38. The highest BCUT2D eigenvalue weighted by molar-refractivity contribution is 5.57. The van der Waals surface area contributed by atoms with E-state index in [0.29, 0.717) is 12.2 Å². The van der Waals surface area contributed by atoms with Crippen LogP contribution in [0.5, 0.6) is 0 Å². The van der Waals surface area contributed by atoms with E-state index in [0.717, 1.165) is 0 Å². The number of aliphatic imine (C=N–C) groups is 1. The Kier molecular flexibility index (Phi) is 5.32. The van der Waals surface area contributed by atoms with Gasteiger partial charge in [0.25, 0.3) is 6.43 Å². The lowest BCUT2D eigenvalue weighted by Crippen LogP contribution is -2.35. The van der Waals surface area contributed by atoms with Crippen LogP contribution >= 0.6 is 0 Å². The first kappa shape index (κ1) is 14.2. The van der Waals surface area contributed by atoms with Crippen molar-refractivity contribution in [2.45, 2.75) is 12.6 Å². The monoisotopic (exact) mass is 258 g/mol. The van der Waals surface area contributed by atoms with E-state index in [9.17, 15) is 8.78 Å². The average Bonchev–Trinajstić information content (AvgIpc) is 2.76. The number of rotatable bonds is 6. The van der Waals surface area contributed by atoms with Gasteiger partial charge in [-0.15, -0.1) is 0 Å². The molecule has 0 aromatic carbocycles. The van der Waals surface area contributed by atoms with Crippen molar-refractivity contribution in [3.05, 3.63) is 11.9 Å². The summed E-state index contributed by atoms with van der Waals surface area (Å²) in [6.07, 6.45) is 0.353. The summed E-state index contributed by atoms with van der Waals surface area (Å²) in [6.45, 7) is 0.0625. The third-order valence-electron chi connectivity index (χ3n) is 2.36. The molecule has 2 N–H and O–H groups in total. The van der Waals surface area contributed by atoms with Crippen molar-refractivity contribution in [3.8, 4) is 6.07 Å². The van der Waals surface area contributed by atoms with Gasteiger partial charge in [-0.25, -0.2) is 19.2 Å². The Hall–Kier alpha value is -1.88. The highest BCUT2D eigenvalue weighted by atomic mass is 19.3. The van der Waals surface area contributed by atoms with Gasteiger partial charge in [0, 0.05) is 20.3 Å². The number of nitrogens with zero attached hydrogens (tertiary/aromatic N) is 4. The van der Waals surface area contributed by atoms with Crippen molar-refractivity contribution in [1.82, 2.24) is 20.7 Å². The second-order valence-corrected chi connectivity index (χ2v) is 3.79. The van der Waals surface area contributed by atoms with Crippen LogP contribution in [-0.2, 0) is 0 Å². The molecule has 0 radical (unpaired) electrons. The Morgan fingerprint density at radius 3 is 3.06 bits per heavy atom. The zero-order chi connectivity index (χ0) is 13.5. The fourth-order valence-corrected chi connectivity index (χ4v) is 1.52. The Balaban J connectivity index is 2.52. The summed E-state index contributed by atoms with van der Waals surface area (Å²) in [6, 6.07) is 1.96. The lowest BCUT2D eigenvalue weighted by atomic mass is 10.4. The molecule has 0 spiro atoms. The Morgan fingerprint density at radius 2 is 2.50 bits per heavy atom. The smallest absolute Gasteiger partial charge is 0.255 e. The molecule has 0 saturated carbocycles. The quantitative estimate of drug-likeness (QED) is 0.516. The molecule has 1 heterocycles. The molecular weight excluding hydrogens is 242 g/mol. The van der Waals surface area contributed by atoms with Gasteiger partial charge in [-0.05, 0) is 0 Å². The highest BCUT2D eigenvalue weighted by Crippen LogP contribution is 2.10. The molecule has 6 nitrogen and oxygen atoms in total. The number of halogens is 2. The third-order valence-corrected chi connectivity index (χ3v) is 2.36. The van der Waals surface area contributed by atoms with Gasteiger partial charge in [-0.2, -0.15) is 5.26 Å². The van der Waals surface area contributed by atoms with Crippen molar-refractivity contribution < 1.29 is 8.78 Å². The Morgan fingerprint density at radius 1 is 1.78 bits per heavy atom. The van der Waals surface area contributed by atoms with Crippen molar-refractivity contribution in [3.63, 3.8) is 0 Å². The fourth-order valence-electron chi connectivity index (χ4n) is 1.52. The minimum atomic E-state index is -2.38. The van der Waals surface area contributed by atoms with Crippen LogP contribution in [0.15, 0.2) is 16.9 Å². The van der Waals surface area contributed by atoms with E-state index in [2.05, 4.69) is 15.8 Å². The molecule has 0 fully saturated rings. The first-order valence-electron chi connectivity index (χ1n) is 5.39. The predicted molar refractivity (Wildman–Crippen MR) is 63.5 cm³/mol. The van der Waals surface area contributed by atoms with Gasteiger partial charge in [0.15, 0.2) is 0 Å². The molecule has 1 atom stereocenters. The number of alkyl halides is 2. The Bertz CT molecular complexity index is 362. The van der Waals surface area contributed by atoms with E-state index < -0.39 is 6.43 Å². The predicted octanol–water partition coefficient (Wildman–Crippen LogP) is -0.0577. The number of allylic oxidation sites excluding steroid dienone is 1. The molecule has 8 heteroatoms. The number of likely N-dealkylation sites (N-methyl/N-ethyl adjacent to an activating group) is 1. The van der Waals surface area contributed by atoms with Crippen LogP contribution in [-0.4, -0.2) is 55.9 Å². The summed E-state index contributed by atoms with van der Waals surface area (Å²) < 4.78 is 24.4. The fraction of sp³-hybridized carbons (Fsp3) is 0.600. The topological polar surface area (TPSA) is 66.7 Å². The SMILES string of the molecule is CNN/C(C#N)=C\N(C)C1CN(CC(F)F)C=N1. The maximum Gasteiger partial charge on any atom is 0.255 e. The molecule has 1 aliphatic rings. The molecule has 18 heavy (non-hydrogen) atoms. The van der Waals surface area contributed by atoms with E-state index in [1.807, 2.05) is 6.07 Å². The molecule has 100 valence electrons. The standard InChI is InChI=1S/C10H16F2N6/c1-14-16-8(3-13)4-17(2)10-6-18(7-15-10)5-9(11)12/h4,7,9-10,14,16H,5-6H2,1-2H3/b8-4-. The second-order valence-electron chi connectivity index (χ2n) is 3.79. The summed E-state index contributed by atoms with van der Waals surface area (Å²) in [4.78, 5) is 7.26. The van der Waals surface area contributed by atoms with Crippen molar-refractivity contribution >= 4 is 6.34 Å². The molecule has 0 bridgehead atoms. The van der Waals surface area contributed by atoms with Gasteiger partial charge in [0.1, 0.15) is 17.9 Å². The van der Waals surface area contributed by atoms with Gasteiger partial charge in [0.2, 0.25) is 0 Å². The summed E-state index contributed by atoms with van der Waals surface area (Å²) in [5, 5.41) is 8.82. The van der Waals surface area contributed by atoms with Gasteiger partial charge in [0.05, 0.1) is 19.4 Å². The lowest BCUT2D eigenvalue weighted by molar-refractivity contribution is 0.115. The second kappa shape index (κ2) is 6.76. The minimum Gasteiger partial charge on any atom is -0.355 e. The average molecular weight is 258 g/mol. The van der Waals surface area contributed by atoms with Crippen LogP contribution in [0, 0.1) is 11.3 Å². The lowest BCUT2D eigenvalue weighted by Gasteiger charge is -2.22. The molecule has 0 aromatic heterocycles. The Labute approximate surface area is 105 Å². The van der Waals surface area contributed by atoms with Crippen LogP contribution in [0.25, 0.3) is 0 Å². The van der Waals surface area contributed by atoms with Gasteiger partial charge < -0.3 is 15.2 Å². The summed E-state index contributed by atoms with van der Waals surface area (Å²) >= 11 is 0. The summed E-state index contributed by atoms with van der Waals surface area (Å²) in [5.41, 5.74) is 5.61. The molecule has 0 aromatic rings. The van der Waals surface area contributed by atoms with Crippen molar-refractivity contribution in [2.24, 2.45) is 4.99 Å². The molecule has 1 unspecified atom stereocenters. The van der Waals surface area contributed by atoms with Crippen molar-refractivity contribution in [2.75, 3.05) is 27.2 Å². The molecule has 0 aliphatic carbocycles. The first-order chi connectivity index (χ1) is 8.56. The number of hydrogen-bond donors (Lipinski definition) is 2. The number of nitrogens with one attached hydrogen (secondary N) is 2. The molecule has 1 aliphatic heterocycles. The zero-order valence-electron chi connectivity index (χ0n) is 10.3. The number of hydrogen-bond acceptors (Lipinski definition) is 6. The molecule has 0 saturated heterocycles. The molecule has 0 amide bonds. The van der Waals surface area contributed by atoms with Gasteiger partial charge in [-0.1, -0.05) is 0 Å². The van der Waals surface area contributed by atoms with Crippen LogP contribution in [0.2, 0.25) is 0 Å². The van der Waals surface area contributed by atoms with Gasteiger partial charge >= 0.3 is 0 Å². The summed E-state index contributed by atoms with van der Waals surface area (Å²) in [5.74, 6) is 0. The van der Waals surface area contributed by atoms with Gasteiger partial charge in [-0.3, -0.25) is 0 Å². The largest absolute Gasteiger partial charge is 0.355 e. The van der Waals surface area contributed by atoms with Crippen LogP contribution in [0.1, 0.15) is 0 Å². The van der Waals surface area contributed by atoms with E-state index in [1.165, 1.54) is 11.2 Å². The molecular formula is C10H16F2N6. The maximum atomic E-state index is 12.2. The third kappa shape index (κ3) is 4.18. The van der Waals surface area contributed by atoms with E-state index in [1.54, 1.807) is 25.2 Å².